The molecule has 0 aliphatic carbocycles. The summed E-state index contributed by atoms with van der Waals surface area (Å²) in [6.07, 6.45) is 2.10. The minimum Gasteiger partial charge on any atom is -0.383 e. The lowest BCUT2D eigenvalue weighted by Crippen LogP contribution is -2.17. The van der Waals surface area contributed by atoms with Gasteiger partial charge in [0.05, 0.1) is 17.8 Å². The Kier molecular flexibility index (Phi) is 2.03. The Morgan fingerprint density at radius 3 is 2.45 bits per heavy atom. The molecule has 2 nitrogen and oxygen atoms in total. The minimum absolute atomic E-state index is 0.0537. The third-order valence-electron chi connectivity index (χ3n) is 1.41. The highest BCUT2D eigenvalue weighted by Gasteiger charge is 2.11. The van der Waals surface area contributed by atoms with E-state index in [0.29, 0.717) is 0 Å². The Balaban J connectivity index is 2.70. The molecule has 1 heterocycles. The van der Waals surface area contributed by atoms with E-state index in [9.17, 15) is 0 Å². The predicted molar refractivity (Wildman–Crippen MR) is 48.9 cm³/mol. The number of allylic oxidation sites excluding steroid dienone is 1. The molecular formula is C9H16N2. The summed E-state index contributed by atoms with van der Waals surface area (Å²) in [6, 6.07) is 0. The lowest BCUT2D eigenvalue weighted by Gasteiger charge is -2.12. The van der Waals surface area contributed by atoms with Crippen molar-refractivity contribution in [1.82, 2.24) is 5.32 Å². The third-order valence-corrected chi connectivity index (χ3v) is 1.41. The van der Waals surface area contributed by atoms with E-state index < -0.39 is 0 Å². The molecule has 1 aliphatic heterocycles. The van der Waals surface area contributed by atoms with Gasteiger partial charge < -0.3 is 5.32 Å². The minimum atomic E-state index is 0.0537. The first kappa shape index (κ1) is 8.31. The second-order valence-corrected chi connectivity index (χ2v) is 3.95. The Labute approximate surface area is 68.4 Å². The topological polar surface area (TPSA) is 24.4 Å². The van der Waals surface area contributed by atoms with Gasteiger partial charge in [0.15, 0.2) is 0 Å². The number of nitrogens with one attached hydrogen (secondary N) is 1. The smallest absolute Gasteiger partial charge is 0.0566 e. The van der Waals surface area contributed by atoms with Crippen molar-refractivity contribution >= 4 is 5.71 Å². The second kappa shape index (κ2) is 2.68. The fourth-order valence-corrected chi connectivity index (χ4v) is 1.08. The third kappa shape index (κ3) is 2.74. The van der Waals surface area contributed by atoms with Crippen LogP contribution in [-0.4, -0.2) is 17.8 Å². The van der Waals surface area contributed by atoms with Gasteiger partial charge in [-0.05, 0) is 33.8 Å². The second-order valence-electron chi connectivity index (χ2n) is 3.95. The molecular weight excluding hydrogens is 136 g/mol. The molecule has 1 rings (SSSR count). The van der Waals surface area contributed by atoms with Crippen molar-refractivity contribution in [2.24, 2.45) is 4.99 Å². The van der Waals surface area contributed by atoms with Crippen molar-refractivity contribution in [3.63, 3.8) is 0 Å². The standard InChI is InChI=1S/C9H16N2/c1-7-5-8(6-10-7)11-9(2,3)4/h5,10H,6H2,1-4H3. The summed E-state index contributed by atoms with van der Waals surface area (Å²) in [5.74, 6) is 0. The van der Waals surface area contributed by atoms with Crippen molar-refractivity contribution in [3.8, 4) is 0 Å². The van der Waals surface area contributed by atoms with Crippen LogP contribution in [0.3, 0.4) is 0 Å². The molecule has 0 aromatic heterocycles. The van der Waals surface area contributed by atoms with Crippen molar-refractivity contribution < 1.29 is 0 Å². The number of rotatable bonds is 0. The zero-order valence-corrected chi connectivity index (χ0v) is 7.73. The van der Waals surface area contributed by atoms with E-state index >= 15 is 0 Å². The van der Waals surface area contributed by atoms with Crippen LogP contribution in [0.5, 0.6) is 0 Å². The average molecular weight is 152 g/mol. The van der Waals surface area contributed by atoms with E-state index in [1.807, 2.05) is 0 Å². The first-order valence-corrected chi connectivity index (χ1v) is 3.98. The monoisotopic (exact) mass is 152 g/mol. The highest BCUT2D eigenvalue weighted by molar-refractivity contribution is 5.99. The van der Waals surface area contributed by atoms with Crippen LogP contribution in [0.1, 0.15) is 27.7 Å². The summed E-state index contributed by atoms with van der Waals surface area (Å²) in [5.41, 5.74) is 2.43. The molecule has 62 valence electrons. The number of nitrogens with zero attached hydrogens (tertiary/aromatic N) is 1. The van der Waals surface area contributed by atoms with Crippen LogP contribution >= 0.6 is 0 Å². The summed E-state index contributed by atoms with van der Waals surface area (Å²) in [7, 11) is 0. The predicted octanol–water partition coefficient (Wildman–Crippen LogP) is 1.73. The van der Waals surface area contributed by atoms with Gasteiger partial charge in [-0.25, -0.2) is 0 Å². The molecule has 0 aromatic carbocycles. The van der Waals surface area contributed by atoms with Gasteiger partial charge in [0.25, 0.3) is 0 Å². The van der Waals surface area contributed by atoms with Gasteiger partial charge >= 0.3 is 0 Å². The molecule has 0 saturated heterocycles. The SMILES string of the molecule is CC1=CC(=NC(C)(C)C)CN1. The van der Waals surface area contributed by atoms with Crippen LogP contribution in [0.25, 0.3) is 0 Å². The van der Waals surface area contributed by atoms with Gasteiger partial charge in [0.1, 0.15) is 0 Å². The van der Waals surface area contributed by atoms with Gasteiger partial charge in [-0.15, -0.1) is 0 Å². The first-order valence-electron chi connectivity index (χ1n) is 3.98. The maximum Gasteiger partial charge on any atom is 0.0566 e. The van der Waals surface area contributed by atoms with Crippen molar-refractivity contribution in [1.29, 1.82) is 0 Å². The van der Waals surface area contributed by atoms with Crippen LogP contribution in [0.2, 0.25) is 0 Å². The van der Waals surface area contributed by atoms with Crippen LogP contribution in [0.4, 0.5) is 0 Å². The highest BCUT2D eigenvalue weighted by atomic mass is 15.0. The molecule has 0 spiro atoms. The molecule has 0 unspecified atom stereocenters. The van der Waals surface area contributed by atoms with E-state index in [-0.39, 0.29) is 5.54 Å². The van der Waals surface area contributed by atoms with Gasteiger partial charge in [-0.1, -0.05) is 0 Å². The van der Waals surface area contributed by atoms with Gasteiger partial charge in [0.2, 0.25) is 0 Å². The number of hydrogen-bond acceptors (Lipinski definition) is 2. The quantitative estimate of drug-likeness (QED) is 0.561. The normalized spacial score (nSPS) is 21.8. The van der Waals surface area contributed by atoms with Crippen LogP contribution in [0.15, 0.2) is 16.8 Å². The number of aliphatic imine (C=N–C) groups is 1. The summed E-state index contributed by atoms with van der Waals surface area (Å²) < 4.78 is 0. The molecule has 0 bridgehead atoms. The van der Waals surface area contributed by atoms with E-state index in [4.69, 9.17) is 0 Å². The highest BCUT2D eigenvalue weighted by Crippen LogP contribution is 2.09. The fourth-order valence-electron chi connectivity index (χ4n) is 1.08. The van der Waals surface area contributed by atoms with E-state index in [0.717, 1.165) is 12.3 Å². The number of hydrogen-bond donors (Lipinski definition) is 1. The van der Waals surface area contributed by atoms with Gasteiger partial charge in [0, 0.05) is 5.70 Å². The van der Waals surface area contributed by atoms with Crippen LogP contribution in [-0.2, 0) is 0 Å². The van der Waals surface area contributed by atoms with Gasteiger partial charge in [-0.2, -0.15) is 0 Å². The van der Waals surface area contributed by atoms with E-state index in [2.05, 4.69) is 44.1 Å². The Morgan fingerprint density at radius 1 is 1.45 bits per heavy atom. The largest absolute Gasteiger partial charge is 0.383 e. The van der Waals surface area contributed by atoms with Crippen molar-refractivity contribution in [2.75, 3.05) is 6.54 Å². The molecule has 11 heavy (non-hydrogen) atoms. The molecule has 0 fully saturated rings. The molecule has 0 aromatic rings. The van der Waals surface area contributed by atoms with Crippen molar-refractivity contribution in [3.05, 3.63) is 11.8 Å². The Bertz CT molecular complexity index is 206. The molecule has 0 atom stereocenters. The maximum absolute atomic E-state index is 4.54. The summed E-state index contributed by atoms with van der Waals surface area (Å²) in [5, 5.41) is 3.22. The lowest BCUT2D eigenvalue weighted by molar-refractivity contribution is 0.583. The molecule has 0 amide bonds. The van der Waals surface area contributed by atoms with Crippen molar-refractivity contribution in [2.45, 2.75) is 33.2 Å². The summed E-state index contributed by atoms with van der Waals surface area (Å²) in [6.45, 7) is 9.29. The molecule has 2 heteroatoms. The summed E-state index contributed by atoms with van der Waals surface area (Å²) >= 11 is 0. The Morgan fingerprint density at radius 2 is 2.09 bits per heavy atom. The maximum atomic E-state index is 4.54. The summed E-state index contributed by atoms with van der Waals surface area (Å²) in [4.78, 5) is 4.54. The Hall–Kier alpha value is -0.790. The molecule has 1 N–H and O–H groups in total. The van der Waals surface area contributed by atoms with E-state index in [1.54, 1.807) is 0 Å². The lowest BCUT2D eigenvalue weighted by atomic mass is 10.1. The van der Waals surface area contributed by atoms with Crippen LogP contribution < -0.4 is 5.32 Å². The zero-order chi connectivity index (χ0) is 8.48. The molecule has 0 radical (unpaired) electrons. The zero-order valence-electron chi connectivity index (χ0n) is 7.73. The molecule has 0 saturated carbocycles. The first-order chi connectivity index (χ1) is 4.97. The van der Waals surface area contributed by atoms with Gasteiger partial charge in [-0.3, -0.25) is 4.99 Å². The van der Waals surface area contributed by atoms with Crippen LogP contribution in [0, 0.1) is 0 Å². The fraction of sp³-hybridized carbons (Fsp3) is 0.667. The van der Waals surface area contributed by atoms with E-state index in [1.165, 1.54) is 5.70 Å². The molecule has 1 aliphatic rings. The average Bonchev–Trinajstić information content (AvgIpc) is 2.10.